The van der Waals surface area contributed by atoms with Gasteiger partial charge in [-0.15, -0.1) is 11.6 Å². The van der Waals surface area contributed by atoms with E-state index < -0.39 is 40.0 Å². The van der Waals surface area contributed by atoms with Crippen molar-refractivity contribution < 1.29 is 46.5 Å². The topological polar surface area (TPSA) is 132 Å². The molecule has 2 aromatic rings. The molecular formula is C24H25Cl3O10S. The molecule has 0 spiro atoms. The molecule has 2 aromatic carbocycles. The van der Waals surface area contributed by atoms with Gasteiger partial charge < -0.3 is 23.7 Å². The predicted octanol–water partition coefficient (Wildman–Crippen LogP) is 4.25. The summed E-state index contributed by atoms with van der Waals surface area (Å²) in [6, 6.07) is 7.81. The van der Waals surface area contributed by atoms with Crippen molar-refractivity contribution in [2.75, 3.05) is 25.7 Å². The van der Waals surface area contributed by atoms with E-state index in [4.69, 9.17) is 58.5 Å². The fraction of sp³-hybridized carbons (Fsp3) is 0.375. The number of alkyl halides is 1. The summed E-state index contributed by atoms with van der Waals surface area (Å²) < 4.78 is 52.2. The summed E-state index contributed by atoms with van der Waals surface area (Å²) in [4.78, 5) is 33.1. The normalized spacial score (nSPS) is 12.7. The van der Waals surface area contributed by atoms with Crippen LogP contribution in [0.3, 0.4) is 0 Å². The second kappa shape index (κ2) is 14.4. The summed E-state index contributed by atoms with van der Waals surface area (Å²) in [6.45, 7) is 3.18. The highest BCUT2D eigenvalue weighted by atomic mass is 35.5. The van der Waals surface area contributed by atoms with Crippen molar-refractivity contribution in [3.8, 4) is 11.5 Å². The van der Waals surface area contributed by atoms with Crippen LogP contribution >= 0.6 is 34.8 Å². The van der Waals surface area contributed by atoms with Gasteiger partial charge in [0.25, 0.3) is 0 Å². The largest absolute Gasteiger partial charge is 0.490 e. The molecule has 0 aliphatic rings. The van der Waals surface area contributed by atoms with E-state index in [2.05, 4.69) is 0 Å². The Kier molecular flexibility index (Phi) is 12.0. The maximum Gasteiger partial charge on any atom is 0.303 e. The molecule has 0 bridgehead atoms. The fourth-order valence-corrected chi connectivity index (χ4v) is 5.14. The van der Waals surface area contributed by atoms with Crippen molar-refractivity contribution in [2.24, 2.45) is 0 Å². The van der Waals surface area contributed by atoms with Gasteiger partial charge in [-0.05, 0) is 36.4 Å². The highest BCUT2D eigenvalue weighted by molar-refractivity contribution is 7.91. The zero-order valence-electron chi connectivity index (χ0n) is 20.6. The van der Waals surface area contributed by atoms with Crippen molar-refractivity contribution in [2.45, 2.75) is 42.8 Å². The molecule has 0 N–H and O–H groups in total. The third-order valence-electron chi connectivity index (χ3n) is 4.58. The van der Waals surface area contributed by atoms with Crippen LogP contribution in [0.25, 0.3) is 0 Å². The molecule has 208 valence electrons. The van der Waals surface area contributed by atoms with E-state index >= 15 is 0 Å². The van der Waals surface area contributed by atoms with Gasteiger partial charge in [0, 0.05) is 20.8 Å². The average molecular weight is 612 g/mol. The number of esters is 3. The van der Waals surface area contributed by atoms with Gasteiger partial charge in [0.05, 0.1) is 25.7 Å². The third kappa shape index (κ3) is 9.54. The third-order valence-corrected chi connectivity index (χ3v) is 7.23. The molecule has 2 unspecified atom stereocenters. The van der Waals surface area contributed by atoms with E-state index in [1.165, 1.54) is 57.2 Å². The minimum Gasteiger partial charge on any atom is -0.490 e. The first-order valence-corrected chi connectivity index (χ1v) is 13.7. The number of ether oxygens (including phenoxy) is 5. The van der Waals surface area contributed by atoms with Crippen LogP contribution in [0.4, 0.5) is 0 Å². The highest BCUT2D eigenvalue weighted by Crippen LogP contribution is 2.37. The quantitative estimate of drug-likeness (QED) is 0.184. The van der Waals surface area contributed by atoms with Gasteiger partial charge in [0.2, 0.25) is 9.84 Å². The van der Waals surface area contributed by atoms with Gasteiger partial charge in [-0.1, -0.05) is 23.2 Å². The van der Waals surface area contributed by atoms with Crippen molar-refractivity contribution in [3.05, 3.63) is 46.4 Å². The Morgan fingerprint density at radius 2 is 1.29 bits per heavy atom. The minimum absolute atomic E-state index is 0.00869. The molecule has 0 heterocycles. The summed E-state index contributed by atoms with van der Waals surface area (Å²) in [7, 11) is -4.03. The number of sulfone groups is 1. The van der Waals surface area contributed by atoms with E-state index in [-0.39, 0.29) is 57.0 Å². The van der Waals surface area contributed by atoms with Crippen molar-refractivity contribution in [3.63, 3.8) is 0 Å². The predicted molar refractivity (Wildman–Crippen MR) is 138 cm³/mol. The molecule has 2 rings (SSSR count). The van der Waals surface area contributed by atoms with Crippen molar-refractivity contribution in [1.82, 2.24) is 0 Å². The fourth-order valence-electron chi connectivity index (χ4n) is 2.95. The van der Waals surface area contributed by atoms with Crippen LogP contribution < -0.4 is 9.47 Å². The monoisotopic (exact) mass is 610 g/mol. The molecule has 38 heavy (non-hydrogen) atoms. The van der Waals surface area contributed by atoms with Crippen LogP contribution in [0.1, 0.15) is 20.8 Å². The number of hydrogen-bond acceptors (Lipinski definition) is 10. The zero-order valence-corrected chi connectivity index (χ0v) is 23.7. The molecule has 14 heteroatoms. The maximum absolute atomic E-state index is 13.2. The standard InChI is InChI=1S/C24H25Cl3O10S/c1-14(28)33-12-19(37-16(3)30)13-34-17-4-6-20(7-5-17)38(31,32)21-8-22(26)24(23(27)9-21)35-11-18(10-25)36-15(2)29/h4-9,18-19H,10-13H2,1-3H3. The zero-order chi connectivity index (χ0) is 28.5. The Balaban J connectivity index is 2.14. The van der Waals surface area contributed by atoms with Gasteiger partial charge in [0.15, 0.2) is 11.9 Å². The van der Waals surface area contributed by atoms with Gasteiger partial charge in [-0.3, -0.25) is 14.4 Å². The molecule has 2 atom stereocenters. The molecule has 0 saturated heterocycles. The molecule has 10 nitrogen and oxygen atoms in total. The Bertz CT molecular complexity index is 1230. The summed E-state index contributed by atoms with van der Waals surface area (Å²) in [5.74, 6) is -1.40. The van der Waals surface area contributed by atoms with E-state index in [1.54, 1.807) is 0 Å². The molecule has 0 fully saturated rings. The number of hydrogen-bond donors (Lipinski definition) is 0. The first-order valence-electron chi connectivity index (χ1n) is 11.0. The van der Waals surface area contributed by atoms with Gasteiger partial charge in [-0.25, -0.2) is 8.42 Å². The summed E-state index contributed by atoms with van der Waals surface area (Å²) in [5, 5.41) is -0.145. The van der Waals surface area contributed by atoms with Crippen LogP contribution in [0.5, 0.6) is 11.5 Å². The lowest BCUT2D eigenvalue weighted by molar-refractivity contribution is -0.158. The molecule has 0 radical (unpaired) electrons. The second-order valence-corrected chi connectivity index (χ2v) is 10.8. The van der Waals surface area contributed by atoms with Gasteiger partial charge >= 0.3 is 17.9 Å². The Morgan fingerprint density at radius 3 is 1.79 bits per heavy atom. The molecule has 0 aromatic heterocycles. The molecular weight excluding hydrogens is 587 g/mol. The van der Waals surface area contributed by atoms with E-state index in [0.29, 0.717) is 0 Å². The van der Waals surface area contributed by atoms with E-state index in [9.17, 15) is 22.8 Å². The van der Waals surface area contributed by atoms with Crippen LogP contribution in [0, 0.1) is 0 Å². The Hall–Kier alpha value is -2.73. The number of carbonyl (C=O) groups is 3. The molecule has 0 aliphatic heterocycles. The van der Waals surface area contributed by atoms with E-state index in [1.807, 2.05) is 0 Å². The number of benzene rings is 2. The van der Waals surface area contributed by atoms with Crippen LogP contribution in [0.2, 0.25) is 10.0 Å². The van der Waals surface area contributed by atoms with Crippen LogP contribution in [-0.4, -0.2) is 64.2 Å². The number of rotatable bonds is 13. The smallest absolute Gasteiger partial charge is 0.303 e. The lowest BCUT2D eigenvalue weighted by atomic mass is 10.3. The second-order valence-electron chi connectivity index (χ2n) is 7.73. The molecule has 0 amide bonds. The summed E-state index contributed by atoms with van der Waals surface area (Å²) in [6.07, 6.45) is -1.60. The number of halogens is 3. The minimum atomic E-state index is -4.03. The lowest BCUT2D eigenvalue weighted by Gasteiger charge is -2.18. The van der Waals surface area contributed by atoms with Crippen LogP contribution in [-0.2, 0) is 38.4 Å². The highest BCUT2D eigenvalue weighted by Gasteiger charge is 2.23. The van der Waals surface area contributed by atoms with Gasteiger partial charge in [-0.2, -0.15) is 0 Å². The molecule has 0 aliphatic carbocycles. The molecule has 0 saturated carbocycles. The van der Waals surface area contributed by atoms with Crippen LogP contribution in [0.15, 0.2) is 46.2 Å². The Morgan fingerprint density at radius 1 is 0.763 bits per heavy atom. The summed E-state index contributed by atoms with van der Waals surface area (Å²) >= 11 is 18.2. The Labute approximate surface area is 234 Å². The number of carbonyl (C=O) groups excluding carboxylic acids is 3. The van der Waals surface area contributed by atoms with E-state index in [0.717, 1.165) is 0 Å². The van der Waals surface area contributed by atoms with Crippen molar-refractivity contribution in [1.29, 1.82) is 0 Å². The first-order chi connectivity index (χ1) is 17.8. The SMILES string of the molecule is CC(=O)OCC(COc1ccc(S(=O)(=O)c2cc(Cl)c(OCC(CCl)OC(C)=O)c(Cl)c2)cc1)OC(C)=O. The average Bonchev–Trinajstić information content (AvgIpc) is 2.83. The van der Waals surface area contributed by atoms with Crippen molar-refractivity contribution >= 4 is 62.5 Å². The maximum atomic E-state index is 13.2. The summed E-state index contributed by atoms with van der Waals surface area (Å²) in [5.41, 5.74) is 0. The lowest BCUT2D eigenvalue weighted by Crippen LogP contribution is -2.29. The van der Waals surface area contributed by atoms with Gasteiger partial charge in [0.1, 0.15) is 31.7 Å². The first kappa shape index (κ1) is 31.5.